The normalized spacial score (nSPS) is 19.7. The highest BCUT2D eigenvalue weighted by atomic mass is 32.2. The van der Waals surface area contributed by atoms with Crippen LogP contribution in [0.3, 0.4) is 0 Å². The molecule has 1 unspecified atom stereocenters. The zero-order chi connectivity index (χ0) is 16.3. The van der Waals surface area contributed by atoms with Crippen molar-refractivity contribution in [2.75, 3.05) is 32.8 Å². The van der Waals surface area contributed by atoms with E-state index < -0.39 is 9.84 Å². The zero-order valence-electron chi connectivity index (χ0n) is 13.0. The molecule has 122 valence electrons. The number of likely N-dealkylation sites (N-methyl/N-ethyl adjacent to an activating group) is 1. The topological polar surface area (TPSA) is 72.9 Å². The molecule has 0 N–H and O–H groups in total. The number of hydrogen-bond acceptors (Lipinski definition) is 5. The third-order valence-electron chi connectivity index (χ3n) is 3.99. The molecule has 0 bridgehead atoms. The third kappa shape index (κ3) is 3.71. The number of hydrogen-bond donors (Lipinski definition) is 0. The Hall–Kier alpha value is -1.76. The minimum absolute atomic E-state index is 0.0506. The van der Waals surface area contributed by atoms with Crippen LogP contribution >= 0.6 is 0 Å². The molecule has 1 amide bonds. The summed E-state index contributed by atoms with van der Waals surface area (Å²) in [6, 6.07) is 5.05. The van der Waals surface area contributed by atoms with Gasteiger partial charge in [-0.15, -0.1) is 0 Å². The quantitative estimate of drug-likeness (QED) is 0.803. The van der Waals surface area contributed by atoms with Gasteiger partial charge in [0.05, 0.1) is 32.1 Å². The van der Waals surface area contributed by atoms with Gasteiger partial charge in [0, 0.05) is 24.7 Å². The van der Waals surface area contributed by atoms with Crippen LogP contribution in [-0.4, -0.2) is 58.0 Å². The van der Waals surface area contributed by atoms with Crippen molar-refractivity contribution in [3.63, 3.8) is 0 Å². The molecule has 1 saturated heterocycles. The standard InChI is InChI=1S/C15H21NO5S/c1-16(12-6-7-22(18,19)10-12)15(17)8-11-4-5-13(20-2)9-14(11)21-3/h4-5,9,12H,6-8,10H2,1-3H3. The number of ether oxygens (including phenoxy) is 2. The highest BCUT2D eigenvalue weighted by molar-refractivity contribution is 7.91. The molecule has 6 nitrogen and oxygen atoms in total. The van der Waals surface area contributed by atoms with Crippen LogP contribution in [0.1, 0.15) is 12.0 Å². The summed E-state index contributed by atoms with van der Waals surface area (Å²) in [4.78, 5) is 13.9. The third-order valence-corrected chi connectivity index (χ3v) is 5.74. The summed E-state index contributed by atoms with van der Waals surface area (Å²) in [7, 11) is 1.75. The Bertz CT molecular complexity index is 656. The van der Waals surface area contributed by atoms with Gasteiger partial charge in [-0.05, 0) is 12.5 Å². The van der Waals surface area contributed by atoms with Gasteiger partial charge >= 0.3 is 0 Å². The first-order valence-corrected chi connectivity index (χ1v) is 8.85. The van der Waals surface area contributed by atoms with Crippen LogP contribution in [0, 0.1) is 0 Å². The highest BCUT2D eigenvalue weighted by Crippen LogP contribution is 2.26. The van der Waals surface area contributed by atoms with Crippen molar-refractivity contribution in [1.29, 1.82) is 0 Å². The van der Waals surface area contributed by atoms with E-state index in [1.54, 1.807) is 32.4 Å². The van der Waals surface area contributed by atoms with Crippen LogP contribution in [-0.2, 0) is 21.1 Å². The number of carbonyl (C=O) groups excluding carboxylic acids is 1. The van der Waals surface area contributed by atoms with Crippen LogP contribution in [0.5, 0.6) is 11.5 Å². The molecule has 1 aliphatic heterocycles. The molecule has 1 aromatic rings. The van der Waals surface area contributed by atoms with Gasteiger partial charge in [-0.25, -0.2) is 8.42 Å². The van der Waals surface area contributed by atoms with Crippen molar-refractivity contribution in [3.8, 4) is 11.5 Å². The van der Waals surface area contributed by atoms with Crippen molar-refractivity contribution >= 4 is 15.7 Å². The number of amides is 1. The molecule has 7 heteroatoms. The molecular formula is C15H21NO5S. The molecule has 22 heavy (non-hydrogen) atoms. The van der Waals surface area contributed by atoms with Crippen LogP contribution in [0.25, 0.3) is 0 Å². The molecule has 0 spiro atoms. The molecule has 1 atom stereocenters. The smallest absolute Gasteiger partial charge is 0.227 e. The van der Waals surface area contributed by atoms with E-state index in [2.05, 4.69) is 0 Å². The fraction of sp³-hybridized carbons (Fsp3) is 0.533. The lowest BCUT2D eigenvalue weighted by atomic mass is 10.1. The second kappa shape index (κ2) is 6.56. The lowest BCUT2D eigenvalue weighted by Crippen LogP contribution is -2.38. The van der Waals surface area contributed by atoms with Crippen molar-refractivity contribution in [3.05, 3.63) is 23.8 Å². The first-order chi connectivity index (χ1) is 10.4. The number of methoxy groups -OCH3 is 2. The Morgan fingerprint density at radius 2 is 2.05 bits per heavy atom. The van der Waals surface area contributed by atoms with E-state index in [0.717, 1.165) is 5.56 Å². The molecule has 2 rings (SSSR count). The summed E-state index contributed by atoms with van der Waals surface area (Å²) in [5.41, 5.74) is 0.751. The van der Waals surface area contributed by atoms with Crippen LogP contribution in [0.15, 0.2) is 18.2 Å². The number of sulfone groups is 1. The Morgan fingerprint density at radius 1 is 1.32 bits per heavy atom. The molecular weight excluding hydrogens is 306 g/mol. The Balaban J connectivity index is 2.08. The van der Waals surface area contributed by atoms with E-state index in [4.69, 9.17) is 9.47 Å². The van der Waals surface area contributed by atoms with Crippen LogP contribution < -0.4 is 9.47 Å². The van der Waals surface area contributed by atoms with Gasteiger partial charge in [-0.3, -0.25) is 4.79 Å². The maximum absolute atomic E-state index is 12.4. The maximum atomic E-state index is 12.4. The van der Waals surface area contributed by atoms with Crippen molar-refractivity contribution in [1.82, 2.24) is 4.90 Å². The summed E-state index contributed by atoms with van der Waals surface area (Å²) in [5.74, 6) is 1.32. The lowest BCUT2D eigenvalue weighted by molar-refractivity contribution is -0.130. The number of rotatable bonds is 5. The predicted molar refractivity (Wildman–Crippen MR) is 83.1 cm³/mol. The second-order valence-electron chi connectivity index (χ2n) is 5.42. The minimum atomic E-state index is -3.00. The summed E-state index contributed by atoms with van der Waals surface area (Å²) < 4.78 is 33.5. The molecule has 1 fully saturated rings. The SMILES string of the molecule is COc1ccc(CC(=O)N(C)C2CCS(=O)(=O)C2)c(OC)c1. The first kappa shape index (κ1) is 16.6. The fourth-order valence-corrected chi connectivity index (χ4v) is 4.34. The Morgan fingerprint density at radius 3 is 2.59 bits per heavy atom. The van der Waals surface area contributed by atoms with E-state index in [-0.39, 0.29) is 29.9 Å². The van der Waals surface area contributed by atoms with Gasteiger partial charge in [0.1, 0.15) is 11.5 Å². The summed E-state index contributed by atoms with van der Waals surface area (Å²) in [6.45, 7) is 0. The molecule has 0 aliphatic carbocycles. The molecule has 1 aliphatic rings. The molecule has 1 aromatic carbocycles. The van der Waals surface area contributed by atoms with E-state index in [1.165, 1.54) is 12.0 Å². The average Bonchev–Trinajstić information content (AvgIpc) is 2.86. The lowest BCUT2D eigenvalue weighted by Gasteiger charge is -2.24. The fourth-order valence-electron chi connectivity index (χ4n) is 2.57. The van der Waals surface area contributed by atoms with Gasteiger partial charge in [0.25, 0.3) is 0 Å². The van der Waals surface area contributed by atoms with E-state index in [1.807, 2.05) is 0 Å². The van der Waals surface area contributed by atoms with Crippen molar-refractivity contribution in [2.45, 2.75) is 18.9 Å². The van der Waals surface area contributed by atoms with Crippen LogP contribution in [0.2, 0.25) is 0 Å². The molecule has 0 saturated carbocycles. The molecule has 0 aromatic heterocycles. The highest BCUT2D eigenvalue weighted by Gasteiger charge is 2.32. The Kier molecular flexibility index (Phi) is 4.95. The number of carbonyl (C=O) groups is 1. The number of nitrogens with zero attached hydrogens (tertiary/aromatic N) is 1. The minimum Gasteiger partial charge on any atom is -0.497 e. The van der Waals surface area contributed by atoms with Gasteiger partial charge in [-0.1, -0.05) is 6.07 Å². The number of benzene rings is 1. The average molecular weight is 327 g/mol. The summed E-state index contributed by atoms with van der Waals surface area (Å²) in [5, 5.41) is 0. The van der Waals surface area contributed by atoms with Gasteiger partial charge in [0.15, 0.2) is 9.84 Å². The Labute approximate surface area is 130 Å². The van der Waals surface area contributed by atoms with Gasteiger partial charge < -0.3 is 14.4 Å². The summed E-state index contributed by atoms with van der Waals surface area (Å²) >= 11 is 0. The first-order valence-electron chi connectivity index (χ1n) is 7.03. The summed E-state index contributed by atoms with van der Waals surface area (Å²) in [6.07, 6.45) is 0.671. The van der Waals surface area contributed by atoms with E-state index in [9.17, 15) is 13.2 Å². The largest absolute Gasteiger partial charge is 0.497 e. The zero-order valence-corrected chi connectivity index (χ0v) is 13.9. The molecule has 1 heterocycles. The van der Waals surface area contributed by atoms with E-state index in [0.29, 0.717) is 17.9 Å². The van der Waals surface area contributed by atoms with Crippen molar-refractivity contribution < 1.29 is 22.7 Å². The molecule has 0 radical (unpaired) electrons. The monoisotopic (exact) mass is 327 g/mol. The van der Waals surface area contributed by atoms with E-state index >= 15 is 0 Å². The maximum Gasteiger partial charge on any atom is 0.227 e. The van der Waals surface area contributed by atoms with Gasteiger partial charge in [0.2, 0.25) is 5.91 Å². The van der Waals surface area contributed by atoms with Crippen LogP contribution in [0.4, 0.5) is 0 Å². The van der Waals surface area contributed by atoms with Crippen molar-refractivity contribution in [2.24, 2.45) is 0 Å². The van der Waals surface area contributed by atoms with Gasteiger partial charge in [-0.2, -0.15) is 0 Å². The second-order valence-corrected chi connectivity index (χ2v) is 7.64. The predicted octanol–water partition coefficient (Wildman–Crippen LogP) is 0.892.